The molecule has 0 aromatic heterocycles. The smallest absolute Gasteiger partial charge is 0.0645 e. The van der Waals surface area contributed by atoms with Crippen molar-refractivity contribution in [3.05, 3.63) is 0 Å². The summed E-state index contributed by atoms with van der Waals surface area (Å²) in [6, 6.07) is 0. The topological polar surface area (TPSA) is 20.2 Å². The molecular formula is C14H28O. The zero-order valence-corrected chi connectivity index (χ0v) is 10.6. The fraction of sp³-hybridized carbons (Fsp3) is 1.00. The van der Waals surface area contributed by atoms with Gasteiger partial charge in [0.2, 0.25) is 0 Å². The van der Waals surface area contributed by atoms with Crippen molar-refractivity contribution in [1.29, 1.82) is 0 Å². The van der Waals surface area contributed by atoms with Crippen LogP contribution in [0, 0.1) is 5.92 Å². The minimum atomic E-state index is -0.363. The van der Waals surface area contributed by atoms with Crippen LogP contribution in [0.3, 0.4) is 0 Å². The summed E-state index contributed by atoms with van der Waals surface area (Å²) in [5.41, 5.74) is -0.363. The zero-order valence-electron chi connectivity index (χ0n) is 10.6. The normalized spacial score (nSPS) is 36.6. The molecule has 0 bridgehead atoms. The third kappa shape index (κ3) is 5.01. The van der Waals surface area contributed by atoms with Gasteiger partial charge in [0, 0.05) is 0 Å². The van der Waals surface area contributed by atoms with Gasteiger partial charge < -0.3 is 5.11 Å². The van der Waals surface area contributed by atoms with Gasteiger partial charge in [0.1, 0.15) is 0 Å². The molecule has 0 radical (unpaired) electrons. The lowest BCUT2D eigenvalue weighted by atomic mass is 9.78. The molecule has 15 heavy (non-hydrogen) atoms. The van der Waals surface area contributed by atoms with Crippen LogP contribution in [-0.2, 0) is 0 Å². The van der Waals surface area contributed by atoms with Crippen molar-refractivity contribution >= 4 is 0 Å². The number of hydrogen-bond donors (Lipinski definition) is 1. The van der Waals surface area contributed by atoms with Gasteiger partial charge >= 0.3 is 0 Å². The van der Waals surface area contributed by atoms with Gasteiger partial charge in [0.15, 0.2) is 0 Å². The summed E-state index contributed by atoms with van der Waals surface area (Å²) in [5, 5.41) is 9.64. The highest BCUT2D eigenvalue weighted by atomic mass is 16.3. The summed E-state index contributed by atoms with van der Waals surface area (Å²) in [6.07, 6.45) is 13.7. The van der Waals surface area contributed by atoms with Crippen molar-refractivity contribution in [2.75, 3.05) is 0 Å². The Balaban J connectivity index is 0.000000162. The van der Waals surface area contributed by atoms with E-state index in [1.54, 1.807) is 0 Å². The molecule has 1 N–H and O–H groups in total. The second-order valence-corrected chi connectivity index (χ2v) is 5.63. The molecule has 0 amide bonds. The average Bonchev–Trinajstić information content (AvgIpc) is 2.26. The van der Waals surface area contributed by atoms with E-state index in [2.05, 4.69) is 6.92 Å². The van der Waals surface area contributed by atoms with Gasteiger partial charge in [-0.1, -0.05) is 58.3 Å². The van der Waals surface area contributed by atoms with Crippen LogP contribution in [0.4, 0.5) is 0 Å². The fourth-order valence-corrected chi connectivity index (χ4v) is 2.55. The molecule has 1 heteroatoms. The summed E-state index contributed by atoms with van der Waals surface area (Å²) in [4.78, 5) is 0. The zero-order chi connectivity index (χ0) is 11.1. The highest BCUT2D eigenvalue weighted by Gasteiger charge is 2.30. The van der Waals surface area contributed by atoms with Gasteiger partial charge in [-0.15, -0.1) is 0 Å². The van der Waals surface area contributed by atoms with Crippen LogP contribution in [0.15, 0.2) is 0 Å². The maximum Gasteiger partial charge on any atom is 0.0645 e. The summed E-state index contributed by atoms with van der Waals surface area (Å²) >= 11 is 0. The van der Waals surface area contributed by atoms with Crippen LogP contribution in [0.2, 0.25) is 0 Å². The van der Waals surface area contributed by atoms with Crippen molar-refractivity contribution in [1.82, 2.24) is 0 Å². The Labute approximate surface area is 95.3 Å². The molecule has 90 valence electrons. The lowest BCUT2D eigenvalue weighted by Gasteiger charge is -2.34. The van der Waals surface area contributed by atoms with Crippen LogP contribution in [0.5, 0.6) is 0 Å². The van der Waals surface area contributed by atoms with Crippen LogP contribution in [-0.4, -0.2) is 10.7 Å². The Morgan fingerprint density at radius 2 is 1.33 bits per heavy atom. The highest BCUT2D eigenvalue weighted by molar-refractivity contribution is 4.82. The standard InChI is InChI=1S/C8H16O.C6H12/c1-7-5-3-4-6-8(7,2)9;1-2-4-6-5-3-1/h7,9H,3-6H2,1-2H3;1-6H2/t7-,8+;/m1./s1. The number of hydrogen-bond acceptors (Lipinski definition) is 1. The van der Waals surface area contributed by atoms with Crippen LogP contribution in [0.1, 0.15) is 78.1 Å². The molecule has 2 aliphatic rings. The minimum absolute atomic E-state index is 0.363. The van der Waals surface area contributed by atoms with Crippen LogP contribution >= 0.6 is 0 Å². The predicted molar refractivity (Wildman–Crippen MR) is 66.0 cm³/mol. The van der Waals surface area contributed by atoms with Gasteiger partial charge in [0.25, 0.3) is 0 Å². The van der Waals surface area contributed by atoms with Gasteiger partial charge in [0.05, 0.1) is 5.60 Å². The molecule has 2 atom stereocenters. The molecule has 0 aromatic rings. The van der Waals surface area contributed by atoms with Crippen LogP contribution < -0.4 is 0 Å². The highest BCUT2D eigenvalue weighted by Crippen LogP contribution is 2.32. The second kappa shape index (κ2) is 6.52. The van der Waals surface area contributed by atoms with Crippen molar-refractivity contribution in [3.8, 4) is 0 Å². The molecule has 2 rings (SSSR count). The molecule has 2 saturated carbocycles. The van der Waals surface area contributed by atoms with Gasteiger partial charge in [-0.25, -0.2) is 0 Å². The maximum absolute atomic E-state index is 9.64. The molecule has 0 saturated heterocycles. The minimum Gasteiger partial charge on any atom is -0.390 e. The molecule has 2 aliphatic carbocycles. The maximum atomic E-state index is 9.64. The third-order valence-electron chi connectivity index (χ3n) is 4.13. The Morgan fingerprint density at radius 3 is 1.60 bits per heavy atom. The lowest BCUT2D eigenvalue weighted by molar-refractivity contribution is -0.0239. The largest absolute Gasteiger partial charge is 0.390 e. The Morgan fingerprint density at radius 1 is 0.867 bits per heavy atom. The van der Waals surface area contributed by atoms with Gasteiger partial charge in [-0.2, -0.15) is 0 Å². The first-order chi connectivity index (χ1) is 7.13. The Bertz CT molecular complexity index is 147. The van der Waals surface area contributed by atoms with E-state index in [1.165, 1.54) is 57.8 Å². The molecule has 0 aliphatic heterocycles. The van der Waals surface area contributed by atoms with Gasteiger partial charge in [-0.3, -0.25) is 0 Å². The molecule has 1 nitrogen and oxygen atoms in total. The first-order valence-corrected chi connectivity index (χ1v) is 6.85. The average molecular weight is 212 g/mol. The fourth-order valence-electron chi connectivity index (χ4n) is 2.55. The van der Waals surface area contributed by atoms with E-state index in [1.807, 2.05) is 6.92 Å². The SMILES string of the molecule is C1CCCCC1.C[C@@H]1CCCC[C@]1(C)O. The predicted octanol–water partition coefficient (Wildman–Crippen LogP) is 4.29. The van der Waals surface area contributed by atoms with E-state index < -0.39 is 0 Å². The van der Waals surface area contributed by atoms with E-state index >= 15 is 0 Å². The van der Waals surface area contributed by atoms with Crippen molar-refractivity contribution in [3.63, 3.8) is 0 Å². The lowest BCUT2D eigenvalue weighted by Crippen LogP contribution is -2.35. The van der Waals surface area contributed by atoms with E-state index in [0.29, 0.717) is 5.92 Å². The molecule has 2 fully saturated rings. The Kier molecular flexibility index (Phi) is 5.66. The third-order valence-corrected chi connectivity index (χ3v) is 4.13. The molecule has 0 heterocycles. The molecular weight excluding hydrogens is 184 g/mol. The van der Waals surface area contributed by atoms with Crippen LogP contribution in [0.25, 0.3) is 0 Å². The monoisotopic (exact) mass is 212 g/mol. The summed E-state index contributed by atoms with van der Waals surface area (Å²) < 4.78 is 0. The summed E-state index contributed by atoms with van der Waals surface area (Å²) in [7, 11) is 0. The first-order valence-electron chi connectivity index (χ1n) is 6.85. The summed E-state index contributed by atoms with van der Waals surface area (Å²) in [6.45, 7) is 4.09. The van der Waals surface area contributed by atoms with Crippen molar-refractivity contribution in [2.24, 2.45) is 5.92 Å². The van der Waals surface area contributed by atoms with Crippen molar-refractivity contribution < 1.29 is 5.11 Å². The van der Waals surface area contributed by atoms with Gasteiger partial charge in [-0.05, 0) is 25.7 Å². The quantitative estimate of drug-likeness (QED) is 0.635. The number of aliphatic hydroxyl groups is 1. The second-order valence-electron chi connectivity index (χ2n) is 5.63. The van der Waals surface area contributed by atoms with E-state index in [-0.39, 0.29) is 5.60 Å². The van der Waals surface area contributed by atoms with E-state index in [4.69, 9.17) is 0 Å². The molecule has 0 unspecified atom stereocenters. The van der Waals surface area contributed by atoms with E-state index in [9.17, 15) is 5.11 Å². The summed E-state index contributed by atoms with van der Waals surface area (Å²) in [5.74, 6) is 0.506. The van der Waals surface area contributed by atoms with Crippen molar-refractivity contribution in [2.45, 2.75) is 83.7 Å². The van der Waals surface area contributed by atoms with E-state index in [0.717, 1.165) is 6.42 Å². The molecule has 0 aromatic carbocycles. The number of rotatable bonds is 0. The first kappa shape index (κ1) is 13.0. The Hall–Kier alpha value is -0.0400. The molecule has 0 spiro atoms.